The van der Waals surface area contributed by atoms with Crippen molar-refractivity contribution >= 4 is 17.7 Å². The van der Waals surface area contributed by atoms with Gasteiger partial charge in [-0.25, -0.2) is 4.42 Å². The van der Waals surface area contributed by atoms with Crippen LogP contribution in [0.15, 0.2) is 0 Å². The molecule has 0 saturated carbocycles. The number of hydrogen-bond acceptors (Lipinski definition) is 3. The summed E-state index contributed by atoms with van der Waals surface area (Å²) in [5, 5.41) is 0. The number of hydrogen-bond donors (Lipinski definition) is 0. The number of halogens is 1. The number of ether oxygens (including phenoxy) is 1. The van der Waals surface area contributed by atoms with Crippen molar-refractivity contribution in [1.29, 1.82) is 0 Å². The van der Waals surface area contributed by atoms with Gasteiger partial charge in [0.05, 0.1) is 5.41 Å². The van der Waals surface area contributed by atoms with Gasteiger partial charge in [-0.05, 0) is 59.7 Å². The van der Waals surface area contributed by atoms with E-state index in [0.717, 1.165) is 19.3 Å². The molecule has 0 aromatic heterocycles. The van der Waals surface area contributed by atoms with Crippen LogP contribution in [0.4, 0.5) is 0 Å². The monoisotopic (exact) mass is 289 g/mol. The van der Waals surface area contributed by atoms with Gasteiger partial charge in [-0.15, -0.1) is 0 Å². The lowest BCUT2D eigenvalue weighted by atomic mass is 9.80. The first kappa shape index (κ1) is 16.8. The van der Waals surface area contributed by atoms with Crippen LogP contribution in [0.25, 0.3) is 0 Å². The molecule has 1 fully saturated rings. The highest BCUT2D eigenvalue weighted by Gasteiger charge is 2.46. The molecule has 0 radical (unpaired) electrons. The molecule has 0 aromatic carbocycles. The zero-order valence-electron chi connectivity index (χ0n) is 13.3. The van der Waals surface area contributed by atoms with Gasteiger partial charge in [-0.1, -0.05) is 6.92 Å². The molecule has 0 aromatic rings. The number of esters is 1. The molecule has 0 aliphatic carbocycles. The van der Waals surface area contributed by atoms with Gasteiger partial charge >= 0.3 is 5.97 Å². The second-order valence-corrected chi connectivity index (χ2v) is 7.92. The molecule has 112 valence electrons. The third-order valence-electron chi connectivity index (χ3n) is 4.23. The molecule has 1 aliphatic heterocycles. The van der Waals surface area contributed by atoms with Crippen molar-refractivity contribution in [2.24, 2.45) is 5.41 Å². The molecule has 19 heavy (non-hydrogen) atoms. The van der Waals surface area contributed by atoms with E-state index in [-0.39, 0.29) is 23.2 Å². The van der Waals surface area contributed by atoms with Crippen molar-refractivity contribution in [1.82, 2.24) is 4.42 Å². The molecule has 0 atom stereocenters. The van der Waals surface area contributed by atoms with E-state index in [2.05, 4.69) is 27.7 Å². The van der Waals surface area contributed by atoms with E-state index >= 15 is 0 Å². The maximum absolute atomic E-state index is 12.2. The molecular weight excluding hydrogens is 262 g/mol. The van der Waals surface area contributed by atoms with E-state index < -0.39 is 5.41 Å². The zero-order chi connectivity index (χ0) is 15.1. The van der Waals surface area contributed by atoms with Gasteiger partial charge in [0.2, 0.25) is 0 Å². The van der Waals surface area contributed by atoms with Crippen LogP contribution < -0.4 is 0 Å². The van der Waals surface area contributed by atoms with E-state index in [4.69, 9.17) is 16.5 Å². The standard InChI is InChI=1S/C15H28ClNO2/c1-8-13(2,3)12(18)19-11-9-14(4,5)17(16)15(6,7)10-11/h11H,8-10H2,1-7H3. The van der Waals surface area contributed by atoms with Crippen LogP contribution in [0.5, 0.6) is 0 Å². The molecule has 0 bridgehead atoms. The minimum absolute atomic E-state index is 0.0571. The summed E-state index contributed by atoms with van der Waals surface area (Å²) in [6.45, 7) is 14.2. The van der Waals surface area contributed by atoms with E-state index in [0.29, 0.717) is 0 Å². The Balaban J connectivity index is 2.79. The fourth-order valence-corrected chi connectivity index (χ4v) is 2.84. The Kier molecular flexibility index (Phi) is 4.63. The van der Waals surface area contributed by atoms with Crippen molar-refractivity contribution in [3.05, 3.63) is 0 Å². The van der Waals surface area contributed by atoms with Crippen LogP contribution in [0.1, 0.15) is 67.7 Å². The lowest BCUT2D eigenvalue weighted by Crippen LogP contribution is -2.58. The van der Waals surface area contributed by atoms with Gasteiger partial charge in [0.15, 0.2) is 0 Å². The molecular formula is C15H28ClNO2. The second kappa shape index (κ2) is 5.25. The highest BCUT2D eigenvalue weighted by Crippen LogP contribution is 2.41. The average molecular weight is 290 g/mol. The predicted octanol–water partition coefficient (Wildman–Crippen LogP) is 4.14. The topological polar surface area (TPSA) is 29.5 Å². The molecule has 0 amide bonds. The van der Waals surface area contributed by atoms with Crippen LogP contribution in [0.3, 0.4) is 0 Å². The molecule has 1 saturated heterocycles. The quantitative estimate of drug-likeness (QED) is 0.578. The largest absolute Gasteiger partial charge is 0.462 e. The van der Waals surface area contributed by atoms with Gasteiger partial charge in [0, 0.05) is 23.9 Å². The van der Waals surface area contributed by atoms with E-state index in [1.807, 2.05) is 25.2 Å². The first-order valence-corrected chi connectivity index (χ1v) is 7.43. The number of carbonyl (C=O) groups excluding carboxylic acids is 1. The first-order valence-electron chi connectivity index (χ1n) is 7.09. The molecule has 0 spiro atoms. The zero-order valence-corrected chi connectivity index (χ0v) is 14.1. The first-order chi connectivity index (χ1) is 8.42. The summed E-state index contributed by atoms with van der Waals surface area (Å²) < 4.78 is 7.61. The third kappa shape index (κ3) is 3.63. The van der Waals surface area contributed by atoms with Crippen molar-refractivity contribution in [3.63, 3.8) is 0 Å². The minimum atomic E-state index is -0.410. The summed E-state index contributed by atoms with van der Waals surface area (Å²) in [6.07, 6.45) is 2.27. The van der Waals surface area contributed by atoms with Crippen LogP contribution in [-0.4, -0.2) is 27.6 Å². The van der Waals surface area contributed by atoms with Crippen molar-refractivity contribution in [3.8, 4) is 0 Å². The number of piperidine rings is 1. The normalized spacial score (nSPS) is 24.2. The summed E-state index contributed by atoms with van der Waals surface area (Å²) in [5.41, 5.74) is -0.762. The van der Waals surface area contributed by atoms with Gasteiger partial charge in [-0.3, -0.25) is 4.79 Å². The molecule has 1 heterocycles. The Bertz CT molecular complexity index is 332. The molecule has 0 N–H and O–H groups in total. The average Bonchev–Trinajstić information content (AvgIpc) is 2.24. The molecule has 1 aliphatic rings. The van der Waals surface area contributed by atoms with Gasteiger partial charge < -0.3 is 4.74 Å². The van der Waals surface area contributed by atoms with Gasteiger partial charge in [-0.2, -0.15) is 0 Å². The lowest BCUT2D eigenvalue weighted by Gasteiger charge is -2.51. The SMILES string of the molecule is CCC(C)(C)C(=O)OC1CC(C)(C)N(Cl)C(C)(C)C1. The Morgan fingerprint density at radius 2 is 1.68 bits per heavy atom. The summed E-state index contributed by atoms with van der Waals surface area (Å²) >= 11 is 6.41. The van der Waals surface area contributed by atoms with Gasteiger partial charge in [0.25, 0.3) is 0 Å². The Labute approximate surface area is 122 Å². The Morgan fingerprint density at radius 1 is 1.26 bits per heavy atom. The number of rotatable bonds is 3. The third-order valence-corrected chi connectivity index (χ3v) is 5.14. The van der Waals surface area contributed by atoms with Gasteiger partial charge in [0.1, 0.15) is 6.10 Å². The van der Waals surface area contributed by atoms with E-state index in [9.17, 15) is 4.79 Å². The Morgan fingerprint density at radius 3 is 2.05 bits per heavy atom. The van der Waals surface area contributed by atoms with Crippen molar-refractivity contribution in [2.75, 3.05) is 0 Å². The summed E-state index contributed by atoms with van der Waals surface area (Å²) in [7, 11) is 0. The summed E-state index contributed by atoms with van der Waals surface area (Å²) in [6, 6.07) is 0. The maximum atomic E-state index is 12.2. The van der Waals surface area contributed by atoms with Crippen molar-refractivity contribution < 1.29 is 9.53 Å². The fourth-order valence-electron chi connectivity index (χ4n) is 2.70. The van der Waals surface area contributed by atoms with Crippen molar-refractivity contribution in [2.45, 2.75) is 84.9 Å². The van der Waals surface area contributed by atoms with Crippen LogP contribution in [-0.2, 0) is 9.53 Å². The molecule has 0 unspecified atom stereocenters. The highest BCUT2D eigenvalue weighted by atomic mass is 35.5. The van der Waals surface area contributed by atoms with Crippen LogP contribution in [0.2, 0.25) is 0 Å². The molecule has 4 heteroatoms. The fraction of sp³-hybridized carbons (Fsp3) is 0.933. The Hall–Kier alpha value is -0.280. The van der Waals surface area contributed by atoms with Crippen LogP contribution in [0, 0.1) is 5.41 Å². The second-order valence-electron chi connectivity index (χ2n) is 7.58. The van der Waals surface area contributed by atoms with E-state index in [1.54, 1.807) is 0 Å². The van der Waals surface area contributed by atoms with E-state index in [1.165, 1.54) is 0 Å². The summed E-state index contributed by atoms with van der Waals surface area (Å²) in [5.74, 6) is -0.102. The number of nitrogens with zero attached hydrogens (tertiary/aromatic N) is 1. The maximum Gasteiger partial charge on any atom is 0.311 e. The number of carbonyl (C=O) groups is 1. The minimum Gasteiger partial charge on any atom is -0.462 e. The van der Waals surface area contributed by atoms with Crippen LogP contribution >= 0.6 is 11.8 Å². The molecule has 1 rings (SSSR count). The summed E-state index contributed by atoms with van der Waals surface area (Å²) in [4.78, 5) is 12.2. The predicted molar refractivity (Wildman–Crippen MR) is 79.0 cm³/mol. The highest BCUT2D eigenvalue weighted by molar-refractivity contribution is 6.14. The molecule has 3 nitrogen and oxygen atoms in total. The smallest absolute Gasteiger partial charge is 0.311 e. The lowest BCUT2D eigenvalue weighted by molar-refractivity contribution is -0.166.